The number of aliphatic hydroxyl groups excluding tert-OH is 1. The van der Waals surface area contributed by atoms with Gasteiger partial charge in [0.05, 0.1) is 18.2 Å². The lowest BCUT2D eigenvalue weighted by atomic mass is 10.1. The van der Waals surface area contributed by atoms with Crippen LogP contribution in [0.4, 0.5) is 0 Å². The molecule has 1 aromatic carbocycles. The van der Waals surface area contributed by atoms with Gasteiger partial charge in [0, 0.05) is 17.7 Å². The molecule has 2 aromatic rings. The van der Waals surface area contributed by atoms with Gasteiger partial charge in [0.15, 0.2) is 11.6 Å². The Labute approximate surface area is 139 Å². The van der Waals surface area contributed by atoms with E-state index in [9.17, 15) is 9.90 Å². The van der Waals surface area contributed by atoms with Gasteiger partial charge >= 0.3 is 5.97 Å². The zero-order valence-corrected chi connectivity index (χ0v) is 14.1. The van der Waals surface area contributed by atoms with Crippen molar-refractivity contribution in [2.45, 2.75) is 32.4 Å². The molecule has 124 valence electrons. The first-order chi connectivity index (χ1) is 11.0. The van der Waals surface area contributed by atoms with Gasteiger partial charge in [0.25, 0.3) is 0 Å². The zero-order valence-electron chi connectivity index (χ0n) is 13.3. The van der Waals surface area contributed by atoms with E-state index in [4.69, 9.17) is 5.11 Å². The standard InChI is InChI=1S/C16H21N3O3S/c1-3-13(20)10-19-15(17-14(18-19)7-8-23-2)11-5-4-6-12(9-11)16(21)22/h4-6,9,13,20H,3,7-8,10H2,1-2H3,(H,21,22)/t13-/m1/s1. The lowest BCUT2D eigenvalue weighted by Crippen LogP contribution is -2.17. The van der Waals surface area contributed by atoms with Gasteiger partial charge in [-0.2, -0.15) is 16.9 Å². The van der Waals surface area contributed by atoms with Gasteiger partial charge in [-0.15, -0.1) is 0 Å². The van der Waals surface area contributed by atoms with Crippen molar-refractivity contribution < 1.29 is 15.0 Å². The number of aliphatic hydroxyl groups is 1. The largest absolute Gasteiger partial charge is 0.478 e. The van der Waals surface area contributed by atoms with Crippen LogP contribution in [0.3, 0.4) is 0 Å². The topological polar surface area (TPSA) is 88.2 Å². The third-order valence-electron chi connectivity index (χ3n) is 3.47. The van der Waals surface area contributed by atoms with Crippen molar-refractivity contribution in [1.29, 1.82) is 0 Å². The summed E-state index contributed by atoms with van der Waals surface area (Å²) in [5.41, 5.74) is 0.898. The van der Waals surface area contributed by atoms with Crippen LogP contribution in [0.5, 0.6) is 0 Å². The summed E-state index contributed by atoms with van der Waals surface area (Å²) in [7, 11) is 0. The summed E-state index contributed by atoms with van der Waals surface area (Å²) in [6, 6.07) is 6.63. The molecule has 6 nitrogen and oxygen atoms in total. The summed E-state index contributed by atoms with van der Waals surface area (Å²) in [5.74, 6) is 1.23. The van der Waals surface area contributed by atoms with Crippen molar-refractivity contribution in [3.63, 3.8) is 0 Å². The molecule has 0 aliphatic carbocycles. The lowest BCUT2D eigenvalue weighted by molar-refractivity contribution is 0.0697. The second kappa shape index (κ2) is 8.12. The molecule has 0 saturated carbocycles. The quantitative estimate of drug-likeness (QED) is 0.770. The van der Waals surface area contributed by atoms with Gasteiger partial charge in [0.2, 0.25) is 0 Å². The van der Waals surface area contributed by atoms with Crippen LogP contribution < -0.4 is 0 Å². The normalized spacial score (nSPS) is 12.3. The van der Waals surface area contributed by atoms with Crippen LogP contribution in [0.2, 0.25) is 0 Å². The summed E-state index contributed by atoms with van der Waals surface area (Å²) < 4.78 is 1.67. The predicted octanol–water partition coefficient (Wildman–Crippen LogP) is 2.32. The maximum atomic E-state index is 11.2. The second-order valence-corrected chi connectivity index (χ2v) is 6.21. The first kappa shape index (κ1) is 17.5. The van der Waals surface area contributed by atoms with Crippen LogP contribution in [-0.2, 0) is 13.0 Å². The highest BCUT2D eigenvalue weighted by Gasteiger charge is 2.15. The number of rotatable bonds is 8. The molecule has 0 aliphatic heterocycles. The predicted molar refractivity (Wildman–Crippen MR) is 90.8 cm³/mol. The number of aromatic nitrogens is 3. The first-order valence-electron chi connectivity index (χ1n) is 7.49. The summed E-state index contributed by atoms with van der Waals surface area (Å²) in [6.07, 6.45) is 2.87. The monoisotopic (exact) mass is 335 g/mol. The Morgan fingerprint density at radius 1 is 1.43 bits per heavy atom. The van der Waals surface area contributed by atoms with E-state index in [1.165, 1.54) is 0 Å². The number of nitrogens with zero attached hydrogens (tertiary/aromatic N) is 3. The second-order valence-electron chi connectivity index (χ2n) is 5.22. The van der Waals surface area contributed by atoms with Gasteiger partial charge in [0.1, 0.15) is 0 Å². The van der Waals surface area contributed by atoms with Gasteiger partial charge in [-0.3, -0.25) is 0 Å². The molecule has 1 heterocycles. The minimum atomic E-state index is -0.978. The van der Waals surface area contributed by atoms with Gasteiger partial charge in [-0.25, -0.2) is 14.5 Å². The Kier molecular flexibility index (Phi) is 6.18. The van der Waals surface area contributed by atoms with Gasteiger partial charge in [-0.05, 0) is 24.8 Å². The third-order valence-corrected chi connectivity index (χ3v) is 4.08. The number of carboxylic acids is 1. The average molecular weight is 335 g/mol. The van der Waals surface area contributed by atoms with Crippen LogP contribution in [0.25, 0.3) is 11.4 Å². The van der Waals surface area contributed by atoms with E-state index in [0.717, 1.165) is 12.2 Å². The molecule has 23 heavy (non-hydrogen) atoms. The van der Waals surface area contributed by atoms with Crippen LogP contribution in [0.15, 0.2) is 24.3 Å². The summed E-state index contributed by atoms with van der Waals surface area (Å²) in [5, 5.41) is 23.5. The van der Waals surface area contributed by atoms with Crippen LogP contribution in [0.1, 0.15) is 29.5 Å². The van der Waals surface area contributed by atoms with Crippen LogP contribution in [-0.4, -0.2) is 49.1 Å². The number of carboxylic acid groups (broad SMARTS) is 1. The van der Waals surface area contributed by atoms with Crippen molar-refractivity contribution in [2.24, 2.45) is 0 Å². The molecule has 1 atom stereocenters. The Morgan fingerprint density at radius 2 is 2.22 bits per heavy atom. The van der Waals surface area contributed by atoms with E-state index in [-0.39, 0.29) is 5.56 Å². The molecule has 0 unspecified atom stereocenters. The van der Waals surface area contributed by atoms with Crippen molar-refractivity contribution in [1.82, 2.24) is 14.8 Å². The van der Waals surface area contributed by atoms with Crippen molar-refractivity contribution in [2.75, 3.05) is 12.0 Å². The first-order valence-corrected chi connectivity index (χ1v) is 8.89. The summed E-state index contributed by atoms with van der Waals surface area (Å²) >= 11 is 1.72. The van der Waals surface area contributed by atoms with E-state index in [2.05, 4.69) is 10.1 Å². The Bertz CT molecular complexity index is 672. The van der Waals surface area contributed by atoms with E-state index in [1.54, 1.807) is 34.6 Å². The van der Waals surface area contributed by atoms with Crippen molar-refractivity contribution in [3.8, 4) is 11.4 Å². The SMILES string of the molecule is CC[C@@H](O)Cn1nc(CCSC)nc1-c1cccc(C(=O)O)c1. The van der Waals surface area contributed by atoms with E-state index < -0.39 is 12.1 Å². The highest BCUT2D eigenvalue weighted by atomic mass is 32.2. The lowest BCUT2D eigenvalue weighted by Gasteiger charge is -2.10. The number of hydrogen-bond acceptors (Lipinski definition) is 5. The fourth-order valence-electron chi connectivity index (χ4n) is 2.15. The molecule has 0 amide bonds. The van der Waals surface area contributed by atoms with Gasteiger partial charge < -0.3 is 10.2 Å². The molecule has 0 fully saturated rings. The Hall–Kier alpha value is -1.86. The molecule has 0 aliphatic rings. The molecule has 0 spiro atoms. The fraction of sp³-hybridized carbons (Fsp3) is 0.438. The number of benzene rings is 1. The van der Waals surface area contributed by atoms with Crippen LogP contribution in [0, 0.1) is 0 Å². The minimum Gasteiger partial charge on any atom is -0.478 e. The number of thioether (sulfide) groups is 1. The zero-order chi connectivity index (χ0) is 16.8. The van der Waals surface area contributed by atoms with Crippen molar-refractivity contribution in [3.05, 3.63) is 35.7 Å². The van der Waals surface area contributed by atoms with Crippen LogP contribution >= 0.6 is 11.8 Å². The smallest absolute Gasteiger partial charge is 0.335 e. The molecule has 1 aromatic heterocycles. The molecular formula is C16H21N3O3S. The maximum Gasteiger partial charge on any atom is 0.335 e. The summed E-state index contributed by atoms with van der Waals surface area (Å²) in [4.78, 5) is 15.7. The third kappa shape index (κ3) is 4.56. The van der Waals surface area contributed by atoms with E-state index in [1.807, 2.05) is 19.2 Å². The average Bonchev–Trinajstić information content (AvgIpc) is 2.95. The number of carbonyl (C=O) groups is 1. The molecule has 0 radical (unpaired) electrons. The highest BCUT2D eigenvalue weighted by molar-refractivity contribution is 7.98. The summed E-state index contributed by atoms with van der Waals surface area (Å²) in [6.45, 7) is 2.25. The van der Waals surface area contributed by atoms with Crippen molar-refractivity contribution >= 4 is 17.7 Å². The highest BCUT2D eigenvalue weighted by Crippen LogP contribution is 2.20. The molecule has 0 bridgehead atoms. The van der Waals surface area contributed by atoms with E-state index in [0.29, 0.717) is 30.2 Å². The van der Waals surface area contributed by atoms with E-state index >= 15 is 0 Å². The number of aromatic carboxylic acids is 1. The van der Waals surface area contributed by atoms with Gasteiger partial charge in [-0.1, -0.05) is 19.1 Å². The Balaban J connectivity index is 2.39. The Morgan fingerprint density at radius 3 is 2.87 bits per heavy atom. The molecular weight excluding hydrogens is 314 g/mol. The maximum absolute atomic E-state index is 11.2. The fourth-order valence-corrected chi connectivity index (χ4v) is 2.54. The molecule has 0 saturated heterocycles. The molecule has 7 heteroatoms. The molecule has 2 rings (SSSR count). The number of aryl methyl sites for hydroxylation is 1. The number of hydrogen-bond donors (Lipinski definition) is 2. The minimum absolute atomic E-state index is 0.207. The molecule has 2 N–H and O–H groups in total.